The molecule has 7 nitrogen and oxygen atoms in total. The number of carbonyl (C=O) groups is 1. The largest absolute Gasteiger partial charge is 0.350 e. The molecule has 0 aliphatic carbocycles. The van der Waals surface area contributed by atoms with Gasteiger partial charge in [0.15, 0.2) is 0 Å². The first-order chi connectivity index (χ1) is 14.1. The first-order valence-corrected chi connectivity index (χ1v) is 9.03. The van der Waals surface area contributed by atoms with Crippen LogP contribution in [0.4, 0.5) is 4.39 Å². The molecule has 0 spiro atoms. The maximum Gasteiger partial charge on any atom is 0.258 e. The molecule has 0 saturated carbocycles. The zero-order valence-electron chi connectivity index (χ0n) is 15.7. The molecule has 0 saturated heterocycles. The molecular weight excluding hydrogens is 373 g/mol. The van der Waals surface area contributed by atoms with Crippen molar-refractivity contribution in [2.45, 2.75) is 20.0 Å². The number of hydrogen-bond donors (Lipinski definition) is 1. The molecule has 0 fully saturated rings. The van der Waals surface area contributed by atoms with Crippen LogP contribution in [0.25, 0.3) is 23.0 Å². The normalized spacial score (nSPS) is 10.8. The molecule has 2 aromatic heterocycles. The minimum atomic E-state index is -0.339. The smallest absolute Gasteiger partial charge is 0.258 e. The summed E-state index contributed by atoms with van der Waals surface area (Å²) in [7, 11) is 0. The first kappa shape index (κ1) is 18.5. The van der Waals surface area contributed by atoms with Gasteiger partial charge >= 0.3 is 0 Å². The van der Waals surface area contributed by atoms with Gasteiger partial charge in [-0.2, -0.15) is 4.98 Å². The van der Waals surface area contributed by atoms with Gasteiger partial charge in [0, 0.05) is 18.3 Å². The molecule has 0 unspecified atom stereocenters. The molecule has 0 radical (unpaired) electrons. The summed E-state index contributed by atoms with van der Waals surface area (Å²) in [6.07, 6.45) is 1.71. The fraction of sp³-hybridized carbons (Fsp3) is 0.143. The Morgan fingerprint density at radius 1 is 1.10 bits per heavy atom. The van der Waals surface area contributed by atoms with Gasteiger partial charge in [0.2, 0.25) is 11.7 Å². The van der Waals surface area contributed by atoms with Crippen molar-refractivity contribution in [3.05, 3.63) is 78.0 Å². The Labute approximate surface area is 166 Å². The Morgan fingerprint density at radius 2 is 1.86 bits per heavy atom. The van der Waals surface area contributed by atoms with Crippen LogP contribution < -0.4 is 5.32 Å². The summed E-state index contributed by atoms with van der Waals surface area (Å²) in [5.74, 6) is 0.765. The fourth-order valence-corrected chi connectivity index (χ4v) is 2.82. The van der Waals surface area contributed by atoms with Crippen molar-refractivity contribution in [1.82, 2.24) is 25.0 Å². The van der Waals surface area contributed by atoms with Crippen molar-refractivity contribution in [3.63, 3.8) is 0 Å². The van der Waals surface area contributed by atoms with Crippen molar-refractivity contribution in [2.24, 2.45) is 0 Å². The third kappa shape index (κ3) is 4.37. The summed E-state index contributed by atoms with van der Waals surface area (Å²) in [5, 5.41) is 6.82. The zero-order valence-corrected chi connectivity index (χ0v) is 15.7. The summed E-state index contributed by atoms with van der Waals surface area (Å²) in [6.45, 7) is 2.40. The summed E-state index contributed by atoms with van der Waals surface area (Å²) in [6, 6.07) is 15.5. The topological polar surface area (TPSA) is 85.8 Å². The Balaban J connectivity index is 1.44. The molecule has 1 amide bonds. The third-order valence-corrected chi connectivity index (χ3v) is 4.37. The number of carbonyl (C=O) groups excluding carboxylic acids is 1. The van der Waals surface area contributed by atoms with Crippen molar-refractivity contribution in [1.29, 1.82) is 0 Å². The van der Waals surface area contributed by atoms with E-state index in [-0.39, 0.29) is 24.2 Å². The lowest BCUT2D eigenvalue weighted by Crippen LogP contribution is -2.27. The Morgan fingerprint density at radius 3 is 2.62 bits per heavy atom. The summed E-state index contributed by atoms with van der Waals surface area (Å²) < 4.78 is 20.0. The number of aromatic nitrogens is 4. The maximum absolute atomic E-state index is 13.1. The van der Waals surface area contributed by atoms with Gasteiger partial charge in [0.25, 0.3) is 5.89 Å². The van der Waals surface area contributed by atoms with Gasteiger partial charge in [-0.15, -0.1) is 0 Å². The predicted octanol–water partition coefficient (Wildman–Crippen LogP) is 3.36. The van der Waals surface area contributed by atoms with Crippen LogP contribution in [0.5, 0.6) is 0 Å². The molecule has 2 aromatic carbocycles. The van der Waals surface area contributed by atoms with Crippen LogP contribution in [0, 0.1) is 12.7 Å². The van der Waals surface area contributed by atoms with E-state index in [9.17, 15) is 9.18 Å². The molecule has 2 heterocycles. The van der Waals surface area contributed by atoms with Gasteiger partial charge in [-0.25, -0.2) is 9.37 Å². The highest BCUT2D eigenvalue weighted by atomic mass is 19.1. The number of imidazole rings is 1. The summed E-state index contributed by atoms with van der Waals surface area (Å²) in [5.41, 5.74) is 2.14. The van der Waals surface area contributed by atoms with Crippen LogP contribution in [0.3, 0.4) is 0 Å². The van der Waals surface area contributed by atoms with E-state index < -0.39 is 0 Å². The zero-order chi connectivity index (χ0) is 20.2. The van der Waals surface area contributed by atoms with Gasteiger partial charge in [0.1, 0.15) is 23.9 Å². The SMILES string of the molecule is Cc1nc(-c2noc(-c3ccc(F)cc3)n2)cn1CC(=O)NCc1ccccc1. The maximum atomic E-state index is 13.1. The van der Waals surface area contributed by atoms with E-state index in [0.717, 1.165) is 5.56 Å². The van der Waals surface area contributed by atoms with Gasteiger partial charge in [-0.05, 0) is 36.8 Å². The summed E-state index contributed by atoms with van der Waals surface area (Å²) in [4.78, 5) is 21.0. The van der Waals surface area contributed by atoms with E-state index in [2.05, 4.69) is 20.4 Å². The van der Waals surface area contributed by atoms with E-state index in [4.69, 9.17) is 4.52 Å². The van der Waals surface area contributed by atoms with E-state index >= 15 is 0 Å². The monoisotopic (exact) mass is 391 g/mol. The van der Waals surface area contributed by atoms with Gasteiger partial charge in [0.05, 0.1) is 0 Å². The second kappa shape index (κ2) is 8.05. The second-order valence-corrected chi connectivity index (χ2v) is 6.49. The molecule has 0 aliphatic heterocycles. The number of aryl methyl sites for hydroxylation is 1. The molecule has 0 aliphatic rings. The Kier molecular flexibility index (Phi) is 5.15. The number of amides is 1. The van der Waals surface area contributed by atoms with Crippen LogP contribution in [-0.4, -0.2) is 25.6 Å². The third-order valence-electron chi connectivity index (χ3n) is 4.37. The van der Waals surface area contributed by atoms with E-state index in [1.54, 1.807) is 29.8 Å². The van der Waals surface area contributed by atoms with Crippen LogP contribution in [0.2, 0.25) is 0 Å². The second-order valence-electron chi connectivity index (χ2n) is 6.49. The van der Waals surface area contributed by atoms with Gasteiger partial charge in [-0.3, -0.25) is 4.79 Å². The predicted molar refractivity (Wildman–Crippen MR) is 104 cm³/mol. The van der Waals surface area contributed by atoms with Crippen LogP contribution in [-0.2, 0) is 17.9 Å². The lowest BCUT2D eigenvalue weighted by atomic mass is 10.2. The lowest BCUT2D eigenvalue weighted by molar-refractivity contribution is -0.121. The Hall–Kier alpha value is -3.81. The lowest BCUT2D eigenvalue weighted by Gasteiger charge is -2.07. The number of halogens is 1. The first-order valence-electron chi connectivity index (χ1n) is 9.03. The van der Waals surface area contributed by atoms with Crippen LogP contribution >= 0.6 is 0 Å². The molecular formula is C21H18FN5O2. The number of nitrogens with zero attached hydrogens (tertiary/aromatic N) is 4. The highest BCUT2D eigenvalue weighted by Crippen LogP contribution is 2.22. The molecule has 0 atom stereocenters. The van der Waals surface area contributed by atoms with Crippen molar-refractivity contribution < 1.29 is 13.7 Å². The van der Waals surface area contributed by atoms with E-state index in [0.29, 0.717) is 29.5 Å². The molecule has 8 heteroatoms. The molecule has 29 heavy (non-hydrogen) atoms. The van der Waals surface area contributed by atoms with E-state index in [1.165, 1.54) is 12.1 Å². The van der Waals surface area contributed by atoms with Crippen LogP contribution in [0.15, 0.2) is 65.3 Å². The minimum Gasteiger partial charge on any atom is -0.350 e. The van der Waals surface area contributed by atoms with Crippen LogP contribution in [0.1, 0.15) is 11.4 Å². The number of hydrogen-bond acceptors (Lipinski definition) is 5. The van der Waals surface area contributed by atoms with E-state index in [1.807, 2.05) is 30.3 Å². The number of nitrogens with one attached hydrogen (secondary N) is 1. The highest BCUT2D eigenvalue weighted by molar-refractivity contribution is 5.76. The Bertz CT molecular complexity index is 1120. The van der Waals surface area contributed by atoms with Crippen molar-refractivity contribution in [2.75, 3.05) is 0 Å². The van der Waals surface area contributed by atoms with Crippen molar-refractivity contribution >= 4 is 5.91 Å². The number of rotatable bonds is 6. The highest BCUT2D eigenvalue weighted by Gasteiger charge is 2.15. The molecule has 146 valence electrons. The minimum absolute atomic E-state index is 0.124. The average Bonchev–Trinajstić information content (AvgIpc) is 3.35. The fourth-order valence-electron chi connectivity index (χ4n) is 2.82. The molecule has 1 N–H and O–H groups in total. The molecule has 4 rings (SSSR count). The standard InChI is InChI=1S/C21H18FN5O2/c1-14-24-18(20-25-21(29-26-20)16-7-9-17(22)10-8-16)12-27(14)13-19(28)23-11-15-5-3-2-4-6-15/h2-10,12H,11,13H2,1H3,(H,23,28). The quantitative estimate of drug-likeness (QED) is 0.545. The molecule has 4 aromatic rings. The number of benzene rings is 2. The van der Waals surface area contributed by atoms with Gasteiger partial charge < -0.3 is 14.4 Å². The summed E-state index contributed by atoms with van der Waals surface area (Å²) >= 11 is 0. The van der Waals surface area contributed by atoms with Gasteiger partial charge in [-0.1, -0.05) is 35.5 Å². The average molecular weight is 391 g/mol. The van der Waals surface area contributed by atoms with Crippen molar-refractivity contribution in [3.8, 4) is 23.0 Å². The molecule has 0 bridgehead atoms.